The first-order valence-electron chi connectivity index (χ1n) is 13.3. The number of nitrogens with one attached hydrogen (secondary N) is 2. The molecule has 10 heteroatoms. The van der Waals surface area contributed by atoms with Gasteiger partial charge in [-0.3, -0.25) is 14.0 Å². The minimum Gasteiger partial charge on any atom is -0.348 e. The number of hydrogen-bond donors (Lipinski definition) is 2. The molecule has 202 valence electrons. The number of anilines is 1. The first-order chi connectivity index (χ1) is 18.8. The highest BCUT2D eigenvalue weighted by Crippen LogP contribution is 2.37. The smallest absolute Gasteiger partial charge is 0.254 e. The Kier molecular flexibility index (Phi) is 6.42. The van der Waals surface area contributed by atoms with Crippen molar-refractivity contribution in [2.45, 2.75) is 25.8 Å². The summed E-state index contributed by atoms with van der Waals surface area (Å²) in [6.45, 7) is 1.88. The summed E-state index contributed by atoms with van der Waals surface area (Å²) < 4.78 is 15.5. The van der Waals surface area contributed by atoms with E-state index in [1.807, 2.05) is 42.6 Å². The molecule has 2 aromatic heterocycles. The second kappa shape index (κ2) is 9.92. The zero-order valence-corrected chi connectivity index (χ0v) is 22.4. The maximum atomic E-state index is 13.7. The highest BCUT2D eigenvalue weighted by Gasteiger charge is 2.34. The first-order valence-corrected chi connectivity index (χ1v) is 13.3. The van der Waals surface area contributed by atoms with E-state index in [0.29, 0.717) is 42.2 Å². The van der Waals surface area contributed by atoms with Gasteiger partial charge in [0.15, 0.2) is 0 Å². The van der Waals surface area contributed by atoms with Gasteiger partial charge in [-0.05, 0) is 56.6 Å². The molecule has 0 bridgehead atoms. The third-order valence-corrected chi connectivity index (χ3v) is 7.98. The summed E-state index contributed by atoms with van der Waals surface area (Å²) >= 11 is 0. The van der Waals surface area contributed by atoms with Crippen LogP contribution < -0.4 is 10.6 Å². The van der Waals surface area contributed by atoms with Crippen molar-refractivity contribution in [3.63, 3.8) is 0 Å². The van der Waals surface area contributed by atoms with E-state index < -0.39 is 0 Å². The molecule has 2 atom stereocenters. The van der Waals surface area contributed by atoms with Crippen LogP contribution in [0.25, 0.3) is 16.9 Å². The molecule has 1 fully saturated rings. The van der Waals surface area contributed by atoms with Gasteiger partial charge in [-0.15, -0.1) is 0 Å². The maximum absolute atomic E-state index is 13.7. The van der Waals surface area contributed by atoms with Crippen LogP contribution in [0.5, 0.6) is 0 Å². The van der Waals surface area contributed by atoms with Gasteiger partial charge in [0.05, 0.1) is 23.1 Å². The number of carbonyl (C=O) groups excluding carboxylic acids is 2. The highest BCUT2D eigenvalue weighted by atomic mass is 19.1. The largest absolute Gasteiger partial charge is 0.348 e. The Labute approximate surface area is 226 Å². The number of likely N-dealkylation sites (tertiary alicyclic amines) is 1. The summed E-state index contributed by atoms with van der Waals surface area (Å²) in [5, 5.41) is 6.37. The summed E-state index contributed by atoms with van der Waals surface area (Å²) in [4.78, 5) is 38.6. The fourth-order valence-corrected chi connectivity index (χ4v) is 5.97. The SMILES string of the molecule is CN(C)CC1=NC(Nc2ccc(-c3cnc4cc(F)ccn34)c3c2C(=O)NC3)=CCC1[C@H]1CCN(C)C(=O)C1. The number of rotatable bonds is 6. The van der Waals surface area contributed by atoms with Gasteiger partial charge in [0.1, 0.15) is 17.3 Å². The van der Waals surface area contributed by atoms with Gasteiger partial charge in [0.25, 0.3) is 5.91 Å². The average molecular weight is 530 g/mol. The van der Waals surface area contributed by atoms with Gasteiger partial charge in [0, 0.05) is 62.6 Å². The molecule has 39 heavy (non-hydrogen) atoms. The number of carbonyl (C=O) groups is 2. The van der Waals surface area contributed by atoms with E-state index in [0.717, 1.165) is 41.9 Å². The standard InChI is InChI=1S/C29H32FN7O2/c1-35(2)16-23-19(17-8-10-36(3)27(38)12-17)5-7-25(34-23)33-22-6-4-20(21-14-32-29(39)28(21)22)24-15-31-26-13-18(30)9-11-37(24)26/h4,6-7,9,11,13,15,17,19,33H,5,8,10,12,14,16H2,1-3H3,(H,32,39)/t17-,19?/m0/s1. The number of aliphatic imine (C=N–C) groups is 1. The summed E-state index contributed by atoms with van der Waals surface area (Å²) in [5.41, 5.74) is 5.37. The second-order valence-electron chi connectivity index (χ2n) is 10.9. The molecular weight excluding hydrogens is 497 g/mol. The van der Waals surface area contributed by atoms with Crippen LogP contribution in [0, 0.1) is 17.7 Å². The predicted molar refractivity (Wildman–Crippen MR) is 148 cm³/mol. The molecule has 2 amide bonds. The van der Waals surface area contributed by atoms with Crippen LogP contribution in [0.15, 0.2) is 53.5 Å². The molecule has 2 N–H and O–H groups in total. The van der Waals surface area contributed by atoms with Crippen molar-refractivity contribution < 1.29 is 14.0 Å². The molecule has 1 aromatic carbocycles. The summed E-state index contributed by atoms with van der Waals surface area (Å²) in [6.07, 6.45) is 7.75. The fraction of sp³-hybridized carbons (Fsp3) is 0.379. The Morgan fingerprint density at radius 1 is 1.23 bits per heavy atom. The Balaban J connectivity index is 1.30. The zero-order chi connectivity index (χ0) is 27.3. The van der Waals surface area contributed by atoms with E-state index in [4.69, 9.17) is 4.99 Å². The molecule has 5 heterocycles. The number of allylic oxidation sites excluding steroid dienone is 1. The van der Waals surface area contributed by atoms with Crippen LogP contribution >= 0.6 is 0 Å². The summed E-state index contributed by atoms with van der Waals surface area (Å²) in [6, 6.07) is 6.64. The lowest BCUT2D eigenvalue weighted by Gasteiger charge is -2.36. The van der Waals surface area contributed by atoms with E-state index in [2.05, 4.69) is 26.6 Å². The Morgan fingerprint density at radius 2 is 2.08 bits per heavy atom. The van der Waals surface area contributed by atoms with Crippen LogP contribution in [0.4, 0.5) is 10.1 Å². The van der Waals surface area contributed by atoms with Crippen molar-refractivity contribution in [1.82, 2.24) is 24.5 Å². The summed E-state index contributed by atoms with van der Waals surface area (Å²) in [7, 11) is 5.91. The van der Waals surface area contributed by atoms with Gasteiger partial charge in [-0.1, -0.05) is 6.07 Å². The Bertz CT molecular complexity index is 1540. The van der Waals surface area contributed by atoms with Gasteiger partial charge in [0.2, 0.25) is 5.91 Å². The van der Waals surface area contributed by atoms with Gasteiger partial charge < -0.3 is 20.4 Å². The lowest BCUT2D eigenvalue weighted by molar-refractivity contribution is -0.133. The number of amides is 2. The van der Waals surface area contributed by atoms with Gasteiger partial charge in [-0.2, -0.15) is 0 Å². The molecule has 3 aliphatic rings. The van der Waals surface area contributed by atoms with Crippen molar-refractivity contribution >= 4 is 28.9 Å². The Morgan fingerprint density at radius 3 is 2.87 bits per heavy atom. The van der Waals surface area contributed by atoms with Crippen molar-refractivity contribution in [1.29, 1.82) is 0 Å². The lowest BCUT2D eigenvalue weighted by atomic mass is 9.78. The van der Waals surface area contributed by atoms with Crippen LogP contribution in [-0.2, 0) is 11.3 Å². The van der Waals surface area contributed by atoms with E-state index >= 15 is 0 Å². The molecule has 9 nitrogen and oxygen atoms in total. The van der Waals surface area contributed by atoms with Crippen molar-refractivity contribution in [3.8, 4) is 11.3 Å². The average Bonchev–Trinajstić information content (AvgIpc) is 3.49. The maximum Gasteiger partial charge on any atom is 0.254 e. The predicted octanol–water partition coefficient (Wildman–Crippen LogP) is 3.53. The topological polar surface area (TPSA) is 94.3 Å². The van der Waals surface area contributed by atoms with Crippen LogP contribution in [0.1, 0.15) is 35.2 Å². The molecule has 1 saturated heterocycles. The minimum atomic E-state index is -0.346. The quantitative estimate of drug-likeness (QED) is 0.510. The number of nitrogens with zero attached hydrogens (tertiary/aromatic N) is 5. The van der Waals surface area contributed by atoms with E-state index in [1.165, 1.54) is 12.1 Å². The van der Waals surface area contributed by atoms with Crippen molar-refractivity contribution in [2.24, 2.45) is 16.8 Å². The molecule has 1 unspecified atom stereocenters. The normalized spacial score (nSPS) is 21.2. The van der Waals surface area contributed by atoms with Crippen molar-refractivity contribution in [3.05, 3.63) is 65.5 Å². The Hall–Kier alpha value is -4.05. The molecular formula is C29H32FN7O2. The van der Waals surface area contributed by atoms with Gasteiger partial charge >= 0.3 is 0 Å². The van der Waals surface area contributed by atoms with Crippen LogP contribution in [0.2, 0.25) is 0 Å². The zero-order valence-electron chi connectivity index (χ0n) is 22.4. The molecule has 0 radical (unpaired) electrons. The second-order valence-corrected chi connectivity index (χ2v) is 10.9. The highest BCUT2D eigenvalue weighted by molar-refractivity contribution is 6.06. The van der Waals surface area contributed by atoms with E-state index in [-0.39, 0.29) is 29.5 Å². The number of imidazole rings is 1. The fourth-order valence-electron chi connectivity index (χ4n) is 5.97. The van der Waals surface area contributed by atoms with Crippen molar-refractivity contribution in [2.75, 3.05) is 39.5 Å². The van der Waals surface area contributed by atoms with E-state index in [1.54, 1.807) is 12.4 Å². The number of halogens is 1. The number of piperidine rings is 1. The van der Waals surface area contributed by atoms with Crippen LogP contribution in [0.3, 0.4) is 0 Å². The number of pyridine rings is 1. The first kappa shape index (κ1) is 25.2. The lowest BCUT2D eigenvalue weighted by Crippen LogP contribution is -2.42. The summed E-state index contributed by atoms with van der Waals surface area (Å²) in [5.74, 6) is 0.903. The minimum absolute atomic E-state index is 0.147. The van der Waals surface area contributed by atoms with Gasteiger partial charge in [-0.25, -0.2) is 14.4 Å². The molecule has 0 aliphatic carbocycles. The molecule has 6 rings (SSSR count). The number of benzene rings is 1. The molecule has 0 saturated carbocycles. The number of hydrogen-bond acceptors (Lipinski definition) is 6. The number of fused-ring (bicyclic) bond motifs is 2. The van der Waals surface area contributed by atoms with Crippen LogP contribution in [-0.4, -0.2) is 70.9 Å². The monoisotopic (exact) mass is 529 g/mol. The molecule has 3 aromatic rings. The molecule has 0 spiro atoms. The number of aromatic nitrogens is 2. The third-order valence-electron chi connectivity index (χ3n) is 7.98. The third kappa shape index (κ3) is 4.69. The molecule has 3 aliphatic heterocycles. The van der Waals surface area contributed by atoms with E-state index in [9.17, 15) is 14.0 Å².